The van der Waals surface area contributed by atoms with E-state index in [9.17, 15) is 5.11 Å². The number of aliphatic hydroxyl groups is 1. The van der Waals surface area contributed by atoms with Gasteiger partial charge in [-0.05, 0) is 36.4 Å². The second-order valence-corrected chi connectivity index (χ2v) is 5.67. The number of furan rings is 1. The first-order valence-corrected chi connectivity index (χ1v) is 6.70. The lowest BCUT2D eigenvalue weighted by atomic mass is 10.0. The second-order valence-electron chi connectivity index (χ2n) is 4.13. The molecule has 1 saturated heterocycles. The summed E-state index contributed by atoms with van der Waals surface area (Å²) in [6.45, 7) is 0. The Morgan fingerprint density at radius 2 is 2.25 bits per heavy atom. The number of rotatable bonds is 1. The molecule has 1 aliphatic rings. The minimum absolute atomic E-state index is 0.662. The molecule has 2 aromatic rings. The van der Waals surface area contributed by atoms with E-state index in [0.717, 1.165) is 23.1 Å². The van der Waals surface area contributed by atoms with Crippen LogP contribution in [0.3, 0.4) is 0 Å². The molecule has 84 valence electrons. The quantitative estimate of drug-likeness (QED) is 0.847. The maximum atomic E-state index is 10.4. The van der Waals surface area contributed by atoms with Crippen molar-refractivity contribution in [2.24, 2.45) is 0 Å². The fraction of sp³-hybridized carbons (Fsp3) is 0.333. The van der Waals surface area contributed by atoms with Crippen molar-refractivity contribution in [2.75, 3.05) is 11.5 Å². The van der Waals surface area contributed by atoms with Crippen LogP contribution in [0.4, 0.5) is 0 Å². The van der Waals surface area contributed by atoms with Crippen molar-refractivity contribution in [2.45, 2.75) is 12.0 Å². The van der Waals surface area contributed by atoms with Crippen LogP contribution in [-0.2, 0) is 5.60 Å². The lowest BCUT2D eigenvalue weighted by Crippen LogP contribution is -2.23. The highest BCUT2D eigenvalue weighted by Crippen LogP contribution is 2.39. The molecule has 1 aromatic heterocycles. The molecule has 2 heterocycles. The van der Waals surface area contributed by atoms with Crippen molar-refractivity contribution in [3.8, 4) is 0 Å². The van der Waals surface area contributed by atoms with Gasteiger partial charge in [-0.2, -0.15) is 11.8 Å². The zero-order valence-corrected chi connectivity index (χ0v) is 10.1. The zero-order chi connectivity index (χ0) is 11.2. The highest BCUT2D eigenvalue weighted by molar-refractivity contribution is 7.99. The molecular weight excluding hydrogens is 244 g/mol. The highest BCUT2D eigenvalue weighted by atomic mass is 35.5. The zero-order valence-electron chi connectivity index (χ0n) is 8.57. The molecule has 0 aliphatic carbocycles. The summed E-state index contributed by atoms with van der Waals surface area (Å²) in [4.78, 5) is 0. The third-order valence-electron chi connectivity index (χ3n) is 2.94. The van der Waals surface area contributed by atoms with Gasteiger partial charge in [0.25, 0.3) is 0 Å². The van der Waals surface area contributed by atoms with Crippen molar-refractivity contribution >= 4 is 34.3 Å². The Hall–Kier alpha value is -0.640. The van der Waals surface area contributed by atoms with Crippen molar-refractivity contribution in [3.63, 3.8) is 0 Å². The Bertz CT molecular complexity index is 529. The Labute approximate surface area is 103 Å². The third-order valence-corrected chi connectivity index (χ3v) is 4.35. The van der Waals surface area contributed by atoms with Crippen LogP contribution in [0.5, 0.6) is 0 Å². The Morgan fingerprint density at radius 3 is 3.00 bits per heavy atom. The van der Waals surface area contributed by atoms with Crippen molar-refractivity contribution in [1.29, 1.82) is 0 Å². The number of fused-ring (bicyclic) bond motifs is 1. The van der Waals surface area contributed by atoms with Crippen LogP contribution in [0.1, 0.15) is 12.2 Å². The molecule has 3 rings (SSSR count). The first kappa shape index (κ1) is 10.5. The molecule has 0 amide bonds. The van der Waals surface area contributed by atoms with Gasteiger partial charge in [-0.15, -0.1) is 0 Å². The molecule has 4 heteroatoms. The van der Waals surface area contributed by atoms with Gasteiger partial charge in [0.2, 0.25) is 0 Å². The van der Waals surface area contributed by atoms with Gasteiger partial charge < -0.3 is 9.52 Å². The summed E-state index contributed by atoms with van der Waals surface area (Å²) in [6.07, 6.45) is 0.755. The van der Waals surface area contributed by atoms with Crippen LogP contribution < -0.4 is 0 Å². The van der Waals surface area contributed by atoms with Crippen LogP contribution >= 0.6 is 23.4 Å². The minimum Gasteiger partial charge on any atom is -0.458 e. The topological polar surface area (TPSA) is 33.4 Å². The monoisotopic (exact) mass is 254 g/mol. The number of hydrogen-bond donors (Lipinski definition) is 1. The predicted molar refractivity (Wildman–Crippen MR) is 67.1 cm³/mol. The maximum absolute atomic E-state index is 10.4. The van der Waals surface area contributed by atoms with E-state index in [-0.39, 0.29) is 0 Å². The van der Waals surface area contributed by atoms with Crippen LogP contribution in [0, 0.1) is 0 Å². The second kappa shape index (κ2) is 3.69. The average molecular weight is 255 g/mol. The molecule has 1 aliphatic heterocycles. The summed E-state index contributed by atoms with van der Waals surface area (Å²) < 4.78 is 5.69. The molecular formula is C12H11ClO2S. The van der Waals surface area contributed by atoms with E-state index in [1.54, 1.807) is 17.8 Å². The molecule has 0 spiro atoms. The van der Waals surface area contributed by atoms with Gasteiger partial charge in [0.1, 0.15) is 16.9 Å². The number of benzene rings is 1. The van der Waals surface area contributed by atoms with E-state index in [1.165, 1.54) is 0 Å². The van der Waals surface area contributed by atoms with E-state index in [0.29, 0.717) is 16.5 Å². The highest BCUT2D eigenvalue weighted by Gasteiger charge is 2.36. The molecule has 1 fully saturated rings. The standard InChI is InChI=1S/C12H11ClO2S/c13-9-1-2-10-8(5-9)6-11(15-10)12(14)3-4-16-7-12/h1-2,5-6,14H,3-4,7H2. The summed E-state index contributed by atoms with van der Waals surface area (Å²) in [6, 6.07) is 7.39. The summed E-state index contributed by atoms with van der Waals surface area (Å²) in [7, 11) is 0. The van der Waals surface area contributed by atoms with Crippen LogP contribution in [0.25, 0.3) is 11.0 Å². The smallest absolute Gasteiger partial charge is 0.137 e. The number of thioether (sulfide) groups is 1. The van der Waals surface area contributed by atoms with Crippen molar-refractivity contribution < 1.29 is 9.52 Å². The molecule has 16 heavy (non-hydrogen) atoms. The maximum Gasteiger partial charge on any atom is 0.137 e. The lowest BCUT2D eigenvalue weighted by Gasteiger charge is -2.17. The molecule has 0 saturated carbocycles. The number of halogens is 1. The SMILES string of the molecule is OC1(c2cc3cc(Cl)ccc3o2)CCSC1. The largest absolute Gasteiger partial charge is 0.458 e. The van der Waals surface area contributed by atoms with Crippen LogP contribution in [0.2, 0.25) is 5.02 Å². The number of hydrogen-bond acceptors (Lipinski definition) is 3. The van der Waals surface area contributed by atoms with Gasteiger partial charge in [-0.25, -0.2) is 0 Å². The van der Waals surface area contributed by atoms with Gasteiger partial charge >= 0.3 is 0 Å². The predicted octanol–water partition coefficient (Wildman–Crippen LogP) is 3.41. The van der Waals surface area contributed by atoms with Gasteiger partial charge in [0, 0.05) is 16.2 Å². The van der Waals surface area contributed by atoms with Crippen molar-refractivity contribution in [1.82, 2.24) is 0 Å². The van der Waals surface area contributed by atoms with E-state index < -0.39 is 5.60 Å². The molecule has 1 N–H and O–H groups in total. The lowest BCUT2D eigenvalue weighted by molar-refractivity contribution is 0.0438. The van der Waals surface area contributed by atoms with Gasteiger partial charge in [-0.1, -0.05) is 11.6 Å². The molecule has 2 nitrogen and oxygen atoms in total. The minimum atomic E-state index is -0.795. The normalized spacial score (nSPS) is 25.4. The van der Waals surface area contributed by atoms with E-state index in [1.807, 2.05) is 18.2 Å². The van der Waals surface area contributed by atoms with Crippen molar-refractivity contribution in [3.05, 3.63) is 35.0 Å². The Kier molecular flexibility index (Phi) is 2.42. The van der Waals surface area contributed by atoms with E-state index in [2.05, 4.69) is 0 Å². The summed E-state index contributed by atoms with van der Waals surface area (Å²) in [5.41, 5.74) is -0.0133. The molecule has 0 bridgehead atoms. The average Bonchev–Trinajstić information content (AvgIpc) is 2.84. The fourth-order valence-corrected chi connectivity index (χ4v) is 3.42. The molecule has 0 radical (unpaired) electrons. The summed E-state index contributed by atoms with van der Waals surface area (Å²) >= 11 is 7.67. The Balaban J connectivity index is 2.11. The van der Waals surface area contributed by atoms with Gasteiger partial charge in [0.05, 0.1) is 0 Å². The molecule has 1 aromatic carbocycles. The van der Waals surface area contributed by atoms with Crippen LogP contribution in [0.15, 0.2) is 28.7 Å². The first-order valence-electron chi connectivity index (χ1n) is 5.17. The van der Waals surface area contributed by atoms with Gasteiger partial charge in [0.15, 0.2) is 0 Å². The van der Waals surface area contributed by atoms with Crippen LogP contribution in [-0.4, -0.2) is 16.6 Å². The fourth-order valence-electron chi connectivity index (χ4n) is 1.99. The summed E-state index contributed by atoms with van der Waals surface area (Å²) in [5, 5.41) is 12.0. The first-order chi connectivity index (χ1) is 7.67. The molecule has 1 atom stereocenters. The third kappa shape index (κ3) is 1.63. The summed E-state index contributed by atoms with van der Waals surface area (Å²) in [5.74, 6) is 2.35. The van der Waals surface area contributed by atoms with E-state index >= 15 is 0 Å². The molecule has 1 unspecified atom stereocenters. The van der Waals surface area contributed by atoms with E-state index in [4.69, 9.17) is 16.0 Å². The van der Waals surface area contributed by atoms with Gasteiger partial charge in [-0.3, -0.25) is 0 Å². The Morgan fingerprint density at radius 1 is 1.38 bits per heavy atom.